The van der Waals surface area contributed by atoms with Gasteiger partial charge in [0.25, 0.3) is 0 Å². The highest BCUT2D eigenvalue weighted by atomic mass is 35.5. The summed E-state index contributed by atoms with van der Waals surface area (Å²) in [6.45, 7) is 8.00. The lowest BCUT2D eigenvalue weighted by Crippen LogP contribution is -2.24. The van der Waals surface area contributed by atoms with E-state index in [4.69, 9.17) is 5.73 Å². The van der Waals surface area contributed by atoms with Gasteiger partial charge in [-0.2, -0.15) is 0 Å². The average molecular weight is 287 g/mol. The molecule has 0 saturated carbocycles. The van der Waals surface area contributed by atoms with Crippen LogP contribution in [-0.2, 0) is 10.2 Å². The second kappa shape index (κ2) is 6.78. The molecule has 0 fully saturated rings. The highest BCUT2D eigenvalue weighted by Gasteiger charge is 2.16. The maximum atomic E-state index is 11.6. The first-order valence-electron chi connectivity index (χ1n) is 6.09. The maximum Gasteiger partial charge on any atom is 0.226 e. The number of nitrogens with two attached hydrogens (primary N) is 1. The second-order valence-electron chi connectivity index (χ2n) is 5.71. The van der Waals surface area contributed by atoms with E-state index in [1.54, 1.807) is 19.1 Å². The van der Waals surface area contributed by atoms with Gasteiger partial charge >= 0.3 is 0 Å². The van der Waals surface area contributed by atoms with E-state index in [0.29, 0.717) is 5.69 Å². The Bertz CT molecular complexity index is 440. The molecule has 1 amide bonds. The summed E-state index contributed by atoms with van der Waals surface area (Å²) in [5, 5.41) is 12.4. The smallest absolute Gasteiger partial charge is 0.226 e. The van der Waals surface area contributed by atoms with Crippen molar-refractivity contribution in [2.24, 2.45) is 5.73 Å². The summed E-state index contributed by atoms with van der Waals surface area (Å²) in [6, 6.07) is 5.06. The van der Waals surface area contributed by atoms with Crippen molar-refractivity contribution in [3.05, 3.63) is 23.8 Å². The van der Waals surface area contributed by atoms with Gasteiger partial charge in [-0.3, -0.25) is 4.79 Å². The minimum absolute atomic E-state index is 0. The lowest BCUT2D eigenvalue weighted by molar-refractivity contribution is -0.116. The quantitative estimate of drug-likeness (QED) is 0.748. The zero-order valence-electron chi connectivity index (χ0n) is 11.9. The molecule has 0 aliphatic carbocycles. The summed E-state index contributed by atoms with van der Waals surface area (Å²) in [5.74, 6) is -0.118. The maximum absolute atomic E-state index is 11.6. The van der Waals surface area contributed by atoms with Crippen LogP contribution in [0.1, 0.15) is 39.7 Å². The Morgan fingerprint density at radius 1 is 1.42 bits per heavy atom. The fraction of sp³-hybridized carbons (Fsp3) is 0.500. The number of phenols is 1. The van der Waals surface area contributed by atoms with Crippen LogP contribution in [0.4, 0.5) is 5.69 Å². The van der Waals surface area contributed by atoms with E-state index in [1.165, 1.54) is 0 Å². The number of nitrogens with one attached hydrogen (secondary N) is 1. The standard InChI is InChI=1S/C14H22N2O2.ClH/c1-9(15)7-13(18)16-11-8-10(14(2,3)4)5-6-12(11)17;/h5-6,8-9,17H,7,15H2,1-4H3,(H,16,18);1H. The first kappa shape index (κ1) is 17.7. The van der Waals surface area contributed by atoms with Gasteiger partial charge in [-0.1, -0.05) is 26.8 Å². The molecule has 0 aliphatic rings. The number of benzene rings is 1. The highest BCUT2D eigenvalue weighted by molar-refractivity contribution is 5.92. The fourth-order valence-electron chi connectivity index (χ4n) is 1.60. The number of amides is 1. The lowest BCUT2D eigenvalue weighted by atomic mass is 9.87. The van der Waals surface area contributed by atoms with Crippen LogP contribution >= 0.6 is 12.4 Å². The van der Waals surface area contributed by atoms with E-state index in [0.717, 1.165) is 5.56 Å². The topological polar surface area (TPSA) is 75.4 Å². The molecule has 4 N–H and O–H groups in total. The lowest BCUT2D eigenvalue weighted by Gasteiger charge is -2.20. The van der Waals surface area contributed by atoms with Crippen molar-refractivity contribution in [3.63, 3.8) is 0 Å². The summed E-state index contributed by atoms with van der Waals surface area (Å²) >= 11 is 0. The average Bonchev–Trinajstić information content (AvgIpc) is 2.18. The Labute approximate surface area is 120 Å². The Balaban J connectivity index is 0.00000324. The third-order valence-corrected chi connectivity index (χ3v) is 2.64. The van der Waals surface area contributed by atoms with E-state index < -0.39 is 0 Å². The Hall–Kier alpha value is -1.26. The zero-order valence-corrected chi connectivity index (χ0v) is 12.7. The molecule has 0 saturated heterocycles. The molecule has 4 nitrogen and oxygen atoms in total. The second-order valence-corrected chi connectivity index (χ2v) is 5.71. The minimum atomic E-state index is -0.196. The van der Waals surface area contributed by atoms with Crippen molar-refractivity contribution < 1.29 is 9.90 Å². The molecule has 0 aromatic heterocycles. The molecule has 19 heavy (non-hydrogen) atoms. The highest BCUT2D eigenvalue weighted by Crippen LogP contribution is 2.30. The Kier molecular flexibility index (Phi) is 6.33. The number of aromatic hydroxyl groups is 1. The van der Waals surface area contributed by atoms with Crippen molar-refractivity contribution in [2.75, 3.05) is 5.32 Å². The predicted octanol–water partition coefficient (Wildman–Crippen LogP) is 2.79. The van der Waals surface area contributed by atoms with Crippen molar-refractivity contribution in [2.45, 2.75) is 45.6 Å². The van der Waals surface area contributed by atoms with Crippen LogP contribution in [0, 0.1) is 0 Å². The molecule has 1 atom stereocenters. The van der Waals surface area contributed by atoms with Crippen LogP contribution in [0.25, 0.3) is 0 Å². The normalized spacial score (nSPS) is 12.5. The third kappa shape index (κ3) is 5.49. The number of rotatable bonds is 3. The van der Waals surface area contributed by atoms with Gasteiger partial charge in [0.15, 0.2) is 0 Å². The summed E-state index contributed by atoms with van der Waals surface area (Å²) in [4.78, 5) is 11.6. The van der Waals surface area contributed by atoms with Gasteiger partial charge in [0.05, 0.1) is 5.69 Å². The van der Waals surface area contributed by atoms with Crippen LogP contribution in [-0.4, -0.2) is 17.1 Å². The molecule has 1 aromatic carbocycles. The Morgan fingerprint density at radius 3 is 2.47 bits per heavy atom. The number of hydrogen-bond donors (Lipinski definition) is 3. The Morgan fingerprint density at radius 2 is 2.00 bits per heavy atom. The van der Waals surface area contributed by atoms with Crippen LogP contribution < -0.4 is 11.1 Å². The van der Waals surface area contributed by atoms with Gasteiger partial charge in [-0.15, -0.1) is 12.4 Å². The largest absolute Gasteiger partial charge is 0.506 e. The van der Waals surface area contributed by atoms with Crippen LogP contribution in [0.5, 0.6) is 5.75 Å². The van der Waals surface area contributed by atoms with Crippen LogP contribution in [0.3, 0.4) is 0 Å². The SMILES string of the molecule is CC(N)CC(=O)Nc1cc(C(C)(C)C)ccc1O.Cl. The molecule has 1 unspecified atom stereocenters. The van der Waals surface area contributed by atoms with Crippen LogP contribution in [0.15, 0.2) is 18.2 Å². The molecule has 1 rings (SSSR count). The molecule has 5 heteroatoms. The van der Waals surface area contributed by atoms with E-state index in [1.807, 2.05) is 6.07 Å². The van der Waals surface area contributed by atoms with E-state index in [2.05, 4.69) is 26.1 Å². The molecule has 0 spiro atoms. The first-order chi connectivity index (χ1) is 8.20. The molecular weight excluding hydrogens is 264 g/mol. The molecule has 0 aliphatic heterocycles. The van der Waals surface area contributed by atoms with Gasteiger partial charge in [-0.05, 0) is 30.0 Å². The zero-order chi connectivity index (χ0) is 13.9. The van der Waals surface area contributed by atoms with Crippen molar-refractivity contribution in [1.82, 2.24) is 0 Å². The summed E-state index contributed by atoms with van der Waals surface area (Å²) in [7, 11) is 0. The molecule has 0 bridgehead atoms. The summed E-state index contributed by atoms with van der Waals surface area (Å²) in [6.07, 6.45) is 0.235. The van der Waals surface area contributed by atoms with Crippen molar-refractivity contribution in [1.29, 1.82) is 0 Å². The van der Waals surface area contributed by atoms with E-state index >= 15 is 0 Å². The molecule has 1 aromatic rings. The summed E-state index contributed by atoms with van der Waals surface area (Å²) in [5.41, 5.74) is 7.02. The number of carbonyl (C=O) groups excluding carboxylic acids is 1. The first-order valence-corrected chi connectivity index (χ1v) is 6.09. The van der Waals surface area contributed by atoms with Gasteiger partial charge in [0.2, 0.25) is 5.91 Å². The molecule has 108 valence electrons. The molecular formula is C14H23ClN2O2. The number of hydrogen-bond acceptors (Lipinski definition) is 3. The van der Waals surface area contributed by atoms with Gasteiger partial charge in [-0.25, -0.2) is 0 Å². The third-order valence-electron chi connectivity index (χ3n) is 2.64. The number of halogens is 1. The number of carbonyl (C=O) groups is 1. The molecule has 0 radical (unpaired) electrons. The summed E-state index contributed by atoms with van der Waals surface area (Å²) < 4.78 is 0. The van der Waals surface area contributed by atoms with Crippen molar-refractivity contribution >= 4 is 24.0 Å². The molecule has 0 heterocycles. The van der Waals surface area contributed by atoms with E-state index in [9.17, 15) is 9.90 Å². The van der Waals surface area contributed by atoms with E-state index in [-0.39, 0.29) is 41.9 Å². The number of anilines is 1. The van der Waals surface area contributed by atoms with Gasteiger partial charge in [0.1, 0.15) is 5.75 Å². The predicted molar refractivity (Wildman–Crippen MR) is 81.0 cm³/mol. The van der Waals surface area contributed by atoms with Crippen molar-refractivity contribution in [3.8, 4) is 5.75 Å². The minimum Gasteiger partial charge on any atom is -0.506 e. The monoisotopic (exact) mass is 286 g/mol. The van der Waals surface area contributed by atoms with Gasteiger partial charge < -0.3 is 16.2 Å². The van der Waals surface area contributed by atoms with Crippen LogP contribution in [0.2, 0.25) is 0 Å². The fourth-order valence-corrected chi connectivity index (χ4v) is 1.60. The number of phenolic OH excluding ortho intramolecular Hbond substituents is 1. The van der Waals surface area contributed by atoms with Gasteiger partial charge in [0, 0.05) is 12.5 Å².